The van der Waals surface area contributed by atoms with Crippen LogP contribution in [-0.2, 0) is 33.5 Å². The molecule has 0 saturated carbocycles. The van der Waals surface area contributed by atoms with E-state index in [2.05, 4.69) is 80.3 Å². The molecule has 0 radical (unpaired) electrons. The van der Waals surface area contributed by atoms with E-state index < -0.39 is 12.1 Å². The fourth-order valence-electron chi connectivity index (χ4n) is 7.08. The summed E-state index contributed by atoms with van der Waals surface area (Å²) in [6.45, 7) is 6.20. The van der Waals surface area contributed by atoms with E-state index in [4.69, 9.17) is 19.5 Å². The zero-order valence-electron chi connectivity index (χ0n) is 42.7. The molecule has 0 fully saturated rings. The molecule has 380 valence electrons. The van der Waals surface area contributed by atoms with E-state index in [0.717, 1.165) is 135 Å². The molecular weight excluding hydrogens is 837 g/mol. The van der Waals surface area contributed by atoms with Gasteiger partial charge in [-0.05, 0) is 103 Å². The summed E-state index contributed by atoms with van der Waals surface area (Å²) >= 11 is 0. The summed E-state index contributed by atoms with van der Waals surface area (Å²) in [4.78, 5) is 42.4. The summed E-state index contributed by atoms with van der Waals surface area (Å²) in [7, 11) is 0. The second-order valence-electron chi connectivity index (χ2n) is 17.5. The number of carbonyl (C=O) groups excluding carboxylic acids is 3. The number of hydrogen-bond acceptors (Lipinski definition) is 8. The van der Waals surface area contributed by atoms with Gasteiger partial charge in [0.2, 0.25) is 0 Å². The number of unbranched alkanes of at least 4 members (excludes halogenated alkanes) is 19. The van der Waals surface area contributed by atoms with Crippen LogP contribution in [0.1, 0.15) is 220 Å². The Labute approximate surface area is 409 Å². The van der Waals surface area contributed by atoms with Crippen molar-refractivity contribution in [1.29, 1.82) is 0 Å². The minimum atomic E-state index is -0.874. The van der Waals surface area contributed by atoms with Gasteiger partial charge in [0.05, 0.1) is 6.10 Å². The summed E-state index contributed by atoms with van der Waals surface area (Å²) < 4.78 is 16.6. The highest BCUT2D eigenvalue weighted by molar-refractivity contribution is 5.82. The van der Waals surface area contributed by atoms with Crippen molar-refractivity contribution in [3.05, 3.63) is 109 Å². The molecule has 8 heteroatoms. The highest BCUT2D eigenvalue weighted by atomic mass is 17.1. The lowest BCUT2D eigenvalue weighted by Crippen LogP contribution is -2.30. The first kappa shape index (κ1) is 63.0. The van der Waals surface area contributed by atoms with Crippen LogP contribution in [0.25, 0.3) is 0 Å². The molecule has 0 aromatic carbocycles. The lowest BCUT2D eigenvalue weighted by molar-refractivity contribution is -0.281. The van der Waals surface area contributed by atoms with Gasteiger partial charge in [-0.25, -0.2) is 9.68 Å². The average Bonchev–Trinajstić information content (AvgIpc) is 3.33. The van der Waals surface area contributed by atoms with Gasteiger partial charge in [0, 0.05) is 18.9 Å². The number of esters is 3. The first-order valence-electron chi connectivity index (χ1n) is 26.7. The minimum Gasteiger partial charge on any atom is -0.462 e. The van der Waals surface area contributed by atoms with Crippen LogP contribution in [0.2, 0.25) is 0 Å². The van der Waals surface area contributed by atoms with Crippen LogP contribution in [-0.4, -0.2) is 48.6 Å². The first-order chi connectivity index (χ1) is 33.0. The van der Waals surface area contributed by atoms with E-state index in [9.17, 15) is 14.4 Å². The third kappa shape index (κ3) is 49.7. The molecule has 8 nitrogen and oxygen atoms in total. The Hall–Kier alpha value is -4.01. The lowest BCUT2D eigenvalue weighted by atomic mass is 10.1. The third-order valence-corrected chi connectivity index (χ3v) is 11.1. The predicted octanol–water partition coefficient (Wildman–Crippen LogP) is 17.0. The van der Waals surface area contributed by atoms with E-state index in [0.29, 0.717) is 6.42 Å². The van der Waals surface area contributed by atoms with Crippen molar-refractivity contribution in [2.75, 3.05) is 13.2 Å². The maximum Gasteiger partial charge on any atom is 0.330 e. The number of rotatable bonds is 47. The zero-order chi connectivity index (χ0) is 48.8. The molecule has 2 atom stereocenters. The van der Waals surface area contributed by atoms with Gasteiger partial charge in [0.15, 0.2) is 6.10 Å². The Bertz CT molecular complexity index is 1410. The van der Waals surface area contributed by atoms with E-state index in [1.54, 1.807) is 12.2 Å². The van der Waals surface area contributed by atoms with Gasteiger partial charge in [-0.3, -0.25) is 14.8 Å². The second kappa shape index (κ2) is 53.0. The summed E-state index contributed by atoms with van der Waals surface area (Å²) in [6.07, 6.45) is 67.4. The smallest absolute Gasteiger partial charge is 0.330 e. The molecule has 2 unspecified atom stereocenters. The zero-order valence-corrected chi connectivity index (χ0v) is 42.7. The summed E-state index contributed by atoms with van der Waals surface area (Å²) in [5.41, 5.74) is 0. The number of carbonyl (C=O) groups is 3. The Morgan fingerprint density at radius 1 is 0.403 bits per heavy atom. The summed E-state index contributed by atoms with van der Waals surface area (Å²) in [6, 6.07) is 0. The van der Waals surface area contributed by atoms with Crippen molar-refractivity contribution >= 4 is 17.9 Å². The van der Waals surface area contributed by atoms with Gasteiger partial charge in [-0.2, -0.15) is 0 Å². The normalized spacial score (nSPS) is 13.4. The molecule has 67 heavy (non-hydrogen) atoms. The van der Waals surface area contributed by atoms with Crippen LogP contribution in [0.5, 0.6) is 0 Å². The molecule has 0 aliphatic heterocycles. The first-order valence-corrected chi connectivity index (χ1v) is 26.7. The van der Waals surface area contributed by atoms with E-state index >= 15 is 0 Å². The highest BCUT2D eigenvalue weighted by Crippen LogP contribution is 2.14. The Morgan fingerprint density at radius 2 is 0.836 bits per heavy atom. The molecule has 0 amide bonds. The molecule has 0 rings (SSSR count). The van der Waals surface area contributed by atoms with Crippen molar-refractivity contribution in [3.63, 3.8) is 0 Å². The van der Waals surface area contributed by atoms with Crippen molar-refractivity contribution in [3.8, 4) is 0 Å². The maximum atomic E-state index is 12.8. The SMILES string of the molecule is CCCCC/C=C\C/C=C\CCCCCCCC(=O)OCC(COC(=O)C=CC=CC=CC=CC=CCCCCCC(CCC)OO)OC(=O)CCCCCCC/C=C\C/C=C\CCCCC. The maximum absolute atomic E-state index is 12.8. The molecule has 1 N–H and O–H groups in total. The van der Waals surface area contributed by atoms with Gasteiger partial charge < -0.3 is 14.2 Å². The van der Waals surface area contributed by atoms with E-state index in [1.165, 1.54) is 57.4 Å². The number of ether oxygens (including phenoxy) is 3. The standard InChI is InChI=1S/C59H96O8/c1-4-7-9-11-13-15-17-19-21-25-29-33-37-41-45-50-57(60)64-53-56(66-59(62)52-47-43-39-35-31-26-22-20-18-16-14-12-10-8-5-2)54-65-58(61)51-46-42-38-34-30-27-23-24-28-32-36-40-44-49-55(67-63)48-6-3/h13-16,19-24,27-28,30,34,38,42,46,51,55-56,63H,4-12,17-18,25-26,29,31-33,35-37,39-41,43-45,47-50,52-54H2,1-3H3/b15-13-,16-14-,21-19-,22-20-,27-23?,28-24?,34-30?,42-38?,51-46?. The molecular formula is C59H96O8. The van der Waals surface area contributed by atoms with Crippen molar-refractivity contribution in [2.24, 2.45) is 0 Å². The molecule has 0 aliphatic carbocycles. The largest absolute Gasteiger partial charge is 0.462 e. The quantitative estimate of drug-likeness (QED) is 0.00939. The van der Waals surface area contributed by atoms with E-state index in [-0.39, 0.29) is 37.7 Å². The molecule has 0 aromatic heterocycles. The average molecular weight is 933 g/mol. The van der Waals surface area contributed by atoms with Crippen LogP contribution in [0.4, 0.5) is 0 Å². The van der Waals surface area contributed by atoms with Crippen molar-refractivity contribution in [2.45, 2.75) is 232 Å². The molecule has 0 spiro atoms. The van der Waals surface area contributed by atoms with Gasteiger partial charge in [0.25, 0.3) is 0 Å². The minimum absolute atomic E-state index is 0.0406. The molecule has 0 heterocycles. The van der Waals surface area contributed by atoms with Crippen LogP contribution in [0, 0.1) is 0 Å². The van der Waals surface area contributed by atoms with Crippen LogP contribution < -0.4 is 0 Å². The lowest BCUT2D eigenvalue weighted by Gasteiger charge is -2.18. The van der Waals surface area contributed by atoms with Gasteiger partial charge in [0.1, 0.15) is 13.2 Å². The van der Waals surface area contributed by atoms with Crippen molar-refractivity contribution in [1.82, 2.24) is 0 Å². The van der Waals surface area contributed by atoms with Crippen LogP contribution >= 0.6 is 0 Å². The van der Waals surface area contributed by atoms with E-state index in [1.807, 2.05) is 36.5 Å². The molecule has 0 bridgehead atoms. The topological polar surface area (TPSA) is 108 Å². The third-order valence-electron chi connectivity index (χ3n) is 11.1. The number of hydrogen-bond donors (Lipinski definition) is 1. The molecule has 0 saturated heterocycles. The second-order valence-corrected chi connectivity index (χ2v) is 17.5. The number of allylic oxidation sites excluding steroid dienone is 17. The highest BCUT2D eigenvalue weighted by Gasteiger charge is 2.19. The monoisotopic (exact) mass is 933 g/mol. The fourth-order valence-corrected chi connectivity index (χ4v) is 7.08. The Morgan fingerprint density at radius 3 is 1.36 bits per heavy atom. The Balaban J connectivity index is 4.67. The predicted molar refractivity (Wildman–Crippen MR) is 282 cm³/mol. The van der Waals surface area contributed by atoms with Gasteiger partial charge >= 0.3 is 17.9 Å². The molecule has 0 aliphatic rings. The summed E-state index contributed by atoms with van der Waals surface area (Å²) in [5, 5.41) is 8.92. The van der Waals surface area contributed by atoms with Crippen LogP contribution in [0.3, 0.4) is 0 Å². The van der Waals surface area contributed by atoms with Gasteiger partial charge in [-0.15, -0.1) is 0 Å². The Kier molecular flexibility index (Phi) is 49.8. The van der Waals surface area contributed by atoms with Crippen LogP contribution in [0.15, 0.2) is 109 Å². The van der Waals surface area contributed by atoms with Gasteiger partial charge in [-0.1, -0.05) is 208 Å². The fraction of sp³-hybridized carbons (Fsp3) is 0.644. The molecule has 0 aromatic rings. The summed E-state index contributed by atoms with van der Waals surface area (Å²) in [5.74, 6) is -1.30. The van der Waals surface area contributed by atoms with Crippen molar-refractivity contribution < 1.29 is 38.7 Å².